The highest BCUT2D eigenvalue weighted by atomic mass is 19.1. The molecule has 1 heterocycles. The van der Waals surface area contributed by atoms with Crippen molar-refractivity contribution in [3.8, 4) is 11.3 Å². The minimum Gasteiger partial charge on any atom is -0.464 e. The molecule has 2 aromatic rings. The molecule has 0 aliphatic heterocycles. The lowest BCUT2D eigenvalue weighted by Crippen LogP contribution is -1.96. The van der Waals surface area contributed by atoms with Gasteiger partial charge < -0.3 is 4.42 Å². The van der Waals surface area contributed by atoms with E-state index in [9.17, 15) is 9.18 Å². The van der Waals surface area contributed by atoms with E-state index in [-0.39, 0.29) is 11.6 Å². The van der Waals surface area contributed by atoms with Gasteiger partial charge in [0.05, 0.1) is 11.8 Å². The SMILES string of the molecule is CCC(=O)c1ccoc1-c1ccc(F)cc1. The van der Waals surface area contributed by atoms with Crippen molar-refractivity contribution in [1.82, 2.24) is 0 Å². The van der Waals surface area contributed by atoms with Gasteiger partial charge in [-0.05, 0) is 30.3 Å². The number of benzene rings is 1. The van der Waals surface area contributed by atoms with Crippen molar-refractivity contribution in [3.63, 3.8) is 0 Å². The van der Waals surface area contributed by atoms with Crippen molar-refractivity contribution >= 4 is 5.78 Å². The summed E-state index contributed by atoms with van der Waals surface area (Å²) >= 11 is 0. The van der Waals surface area contributed by atoms with Crippen molar-refractivity contribution in [2.45, 2.75) is 13.3 Å². The highest BCUT2D eigenvalue weighted by molar-refractivity contribution is 6.00. The average Bonchev–Trinajstić information content (AvgIpc) is 2.78. The standard InChI is InChI=1S/C13H11FO2/c1-2-12(15)11-7-8-16-13(11)9-3-5-10(14)6-4-9/h3-8H,2H2,1H3. The van der Waals surface area contributed by atoms with Gasteiger partial charge in [0.1, 0.15) is 11.6 Å². The topological polar surface area (TPSA) is 30.2 Å². The van der Waals surface area contributed by atoms with Gasteiger partial charge in [0, 0.05) is 12.0 Å². The lowest BCUT2D eigenvalue weighted by molar-refractivity contribution is 0.0988. The van der Waals surface area contributed by atoms with Crippen LogP contribution in [0.25, 0.3) is 11.3 Å². The van der Waals surface area contributed by atoms with Crippen LogP contribution in [0.3, 0.4) is 0 Å². The van der Waals surface area contributed by atoms with Crippen molar-refractivity contribution in [2.75, 3.05) is 0 Å². The van der Waals surface area contributed by atoms with Gasteiger partial charge in [0.15, 0.2) is 5.78 Å². The van der Waals surface area contributed by atoms with E-state index >= 15 is 0 Å². The maximum absolute atomic E-state index is 12.8. The van der Waals surface area contributed by atoms with E-state index in [4.69, 9.17) is 4.42 Å². The first kappa shape index (κ1) is 10.6. The molecule has 0 saturated heterocycles. The second-order valence-electron chi connectivity index (χ2n) is 3.45. The smallest absolute Gasteiger partial charge is 0.166 e. The van der Waals surface area contributed by atoms with Gasteiger partial charge >= 0.3 is 0 Å². The number of ketones is 1. The molecule has 2 nitrogen and oxygen atoms in total. The Morgan fingerprint density at radius 3 is 2.56 bits per heavy atom. The monoisotopic (exact) mass is 218 g/mol. The van der Waals surface area contributed by atoms with Crippen molar-refractivity contribution < 1.29 is 13.6 Å². The number of carbonyl (C=O) groups excluding carboxylic acids is 1. The molecule has 0 amide bonds. The molecule has 1 aromatic heterocycles. The minimum absolute atomic E-state index is 0.0214. The molecule has 1 aromatic carbocycles. The Bertz CT molecular complexity index is 497. The van der Waals surface area contributed by atoms with Crippen LogP contribution in [0.4, 0.5) is 4.39 Å². The van der Waals surface area contributed by atoms with E-state index in [0.717, 1.165) is 0 Å². The lowest BCUT2D eigenvalue weighted by atomic mass is 10.0. The van der Waals surface area contributed by atoms with Crippen LogP contribution in [-0.2, 0) is 0 Å². The van der Waals surface area contributed by atoms with Crippen LogP contribution >= 0.6 is 0 Å². The fourth-order valence-electron chi connectivity index (χ4n) is 1.54. The summed E-state index contributed by atoms with van der Waals surface area (Å²) in [6.45, 7) is 1.80. The summed E-state index contributed by atoms with van der Waals surface area (Å²) < 4.78 is 18.0. The molecule has 16 heavy (non-hydrogen) atoms. The molecule has 0 atom stereocenters. The molecular formula is C13H11FO2. The zero-order chi connectivity index (χ0) is 11.5. The Morgan fingerprint density at radius 1 is 1.25 bits per heavy atom. The molecule has 0 fully saturated rings. The molecule has 0 spiro atoms. The number of Topliss-reactive ketones (excluding diaryl/α,β-unsaturated/α-hetero) is 1. The van der Waals surface area contributed by atoms with E-state index < -0.39 is 0 Å². The maximum atomic E-state index is 12.8. The Morgan fingerprint density at radius 2 is 1.94 bits per heavy atom. The third-order valence-corrected chi connectivity index (χ3v) is 2.39. The van der Waals surface area contributed by atoms with Gasteiger partial charge in [0.2, 0.25) is 0 Å². The number of halogens is 1. The zero-order valence-electron chi connectivity index (χ0n) is 8.87. The predicted octanol–water partition coefficient (Wildman–Crippen LogP) is 3.68. The van der Waals surface area contributed by atoms with Crippen LogP contribution in [0, 0.1) is 5.82 Å². The van der Waals surface area contributed by atoms with Crippen molar-refractivity contribution in [3.05, 3.63) is 48.0 Å². The molecule has 0 radical (unpaired) electrons. The summed E-state index contributed by atoms with van der Waals surface area (Å²) in [5.74, 6) is 0.221. The van der Waals surface area contributed by atoms with Crippen LogP contribution in [0.1, 0.15) is 23.7 Å². The van der Waals surface area contributed by atoms with Crippen LogP contribution in [0.2, 0.25) is 0 Å². The summed E-state index contributed by atoms with van der Waals surface area (Å²) in [4.78, 5) is 11.6. The molecule has 0 N–H and O–H groups in total. The molecule has 82 valence electrons. The van der Waals surface area contributed by atoms with Gasteiger partial charge in [-0.3, -0.25) is 4.79 Å². The van der Waals surface area contributed by atoms with Crippen LogP contribution in [-0.4, -0.2) is 5.78 Å². The van der Waals surface area contributed by atoms with Crippen LogP contribution in [0.15, 0.2) is 41.0 Å². The molecule has 3 heteroatoms. The van der Waals surface area contributed by atoms with Gasteiger partial charge in [-0.2, -0.15) is 0 Å². The van der Waals surface area contributed by atoms with Gasteiger partial charge in [-0.15, -0.1) is 0 Å². The summed E-state index contributed by atoms with van der Waals surface area (Å²) in [5, 5.41) is 0. The Hall–Kier alpha value is -1.90. The summed E-state index contributed by atoms with van der Waals surface area (Å²) in [5.41, 5.74) is 1.26. The maximum Gasteiger partial charge on any atom is 0.166 e. The van der Waals surface area contributed by atoms with Gasteiger partial charge in [-0.25, -0.2) is 4.39 Å². The third kappa shape index (κ3) is 1.89. The molecule has 0 aliphatic carbocycles. The Kier molecular flexibility index (Phi) is 2.86. The van der Waals surface area contributed by atoms with E-state index in [1.165, 1.54) is 18.4 Å². The van der Waals surface area contributed by atoms with Crippen molar-refractivity contribution in [1.29, 1.82) is 0 Å². The highest BCUT2D eigenvalue weighted by Crippen LogP contribution is 2.25. The average molecular weight is 218 g/mol. The van der Waals surface area contributed by atoms with Gasteiger partial charge in [0.25, 0.3) is 0 Å². The normalized spacial score (nSPS) is 10.4. The second-order valence-corrected chi connectivity index (χ2v) is 3.45. The first-order valence-corrected chi connectivity index (χ1v) is 5.09. The summed E-state index contributed by atoms with van der Waals surface area (Å²) in [6.07, 6.45) is 1.90. The molecular weight excluding hydrogens is 207 g/mol. The fraction of sp³-hybridized carbons (Fsp3) is 0.154. The number of rotatable bonds is 3. The fourth-order valence-corrected chi connectivity index (χ4v) is 1.54. The largest absolute Gasteiger partial charge is 0.464 e. The molecule has 0 unspecified atom stereocenters. The molecule has 0 aliphatic rings. The summed E-state index contributed by atoms with van der Waals surface area (Å²) in [7, 11) is 0. The van der Waals surface area contributed by atoms with Crippen molar-refractivity contribution in [2.24, 2.45) is 0 Å². The molecule has 2 rings (SSSR count). The van der Waals surface area contributed by atoms with Gasteiger partial charge in [-0.1, -0.05) is 6.92 Å². The first-order chi connectivity index (χ1) is 7.72. The number of furan rings is 1. The second kappa shape index (κ2) is 4.31. The summed E-state index contributed by atoms with van der Waals surface area (Å²) in [6, 6.07) is 7.53. The van der Waals surface area contributed by atoms with E-state index in [2.05, 4.69) is 0 Å². The van der Waals surface area contributed by atoms with E-state index in [1.54, 1.807) is 25.1 Å². The van der Waals surface area contributed by atoms with Crippen LogP contribution < -0.4 is 0 Å². The lowest BCUT2D eigenvalue weighted by Gasteiger charge is -2.00. The van der Waals surface area contributed by atoms with E-state index in [0.29, 0.717) is 23.3 Å². The Balaban J connectivity index is 2.44. The number of hydrogen-bond donors (Lipinski definition) is 0. The molecule has 0 saturated carbocycles. The minimum atomic E-state index is -0.307. The number of hydrogen-bond acceptors (Lipinski definition) is 2. The third-order valence-electron chi connectivity index (χ3n) is 2.39. The first-order valence-electron chi connectivity index (χ1n) is 5.09. The Labute approximate surface area is 92.7 Å². The predicted molar refractivity (Wildman–Crippen MR) is 58.7 cm³/mol. The zero-order valence-corrected chi connectivity index (χ0v) is 8.87. The van der Waals surface area contributed by atoms with Crippen LogP contribution in [0.5, 0.6) is 0 Å². The highest BCUT2D eigenvalue weighted by Gasteiger charge is 2.14. The molecule has 0 bridgehead atoms. The van der Waals surface area contributed by atoms with E-state index in [1.807, 2.05) is 0 Å². The quantitative estimate of drug-likeness (QED) is 0.735. The number of carbonyl (C=O) groups is 1.